The molecule has 0 aromatic heterocycles. The SMILES string of the molecule is O=C(O)C1(Nc2ccc(F)cc2)c2ccccc2-c2ccccc21. The second kappa shape index (κ2) is 5.20. The van der Waals surface area contributed by atoms with Crippen molar-refractivity contribution in [1.82, 2.24) is 0 Å². The molecule has 0 aliphatic heterocycles. The van der Waals surface area contributed by atoms with Crippen molar-refractivity contribution in [2.45, 2.75) is 5.54 Å². The molecule has 0 spiro atoms. The Morgan fingerprint density at radius 3 is 1.83 bits per heavy atom. The molecule has 0 saturated heterocycles. The van der Waals surface area contributed by atoms with Crippen molar-refractivity contribution in [2.75, 3.05) is 5.32 Å². The van der Waals surface area contributed by atoms with E-state index in [4.69, 9.17) is 0 Å². The summed E-state index contributed by atoms with van der Waals surface area (Å²) in [5.41, 5.74) is 2.30. The topological polar surface area (TPSA) is 49.3 Å². The largest absolute Gasteiger partial charge is 0.479 e. The summed E-state index contributed by atoms with van der Waals surface area (Å²) in [6, 6.07) is 20.6. The van der Waals surface area contributed by atoms with Crippen LogP contribution in [0.5, 0.6) is 0 Å². The van der Waals surface area contributed by atoms with Crippen LogP contribution in [0.25, 0.3) is 11.1 Å². The van der Waals surface area contributed by atoms with Crippen molar-refractivity contribution in [3.05, 3.63) is 89.7 Å². The van der Waals surface area contributed by atoms with Gasteiger partial charge in [-0.3, -0.25) is 0 Å². The smallest absolute Gasteiger partial charge is 0.338 e. The maximum absolute atomic E-state index is 13.2. The molecule has 1 aliphatic rings. The molecule has 3 aromatic carbocycles. The van der Waals surface area contributed by atoms with E-state index in [1.54, 1.807) is 12.1 Å². The molecule has 4 heteroatoms. The first-order chi connectivity index (χ1) is 11.6. The predicted octanol–water partition coefficient (Wildman–Crippen LogP) is 4.25. The second-order valence-electron chi connectivity index (χ2n) is 5.78. The molecule has 0 saturated carbocycles. The Morgan fingerprint density at radius 2 is 1.33 bits per heavy atom. The Hall–Kier alpha value is -3.14. The van der Waals surface area contributed by atoms with Gasteiger partial charge < -0.3 is 10.4 Å². The van der Waals surface area contributed by atoms with Crippen LogP contribution in [0.3, 0.4) is 0 Å². The molecular formula is C20H14FNO2. The lowest BCUT2D eigenvalue weighted by atomic mass is 9.87. The third kappa shape index (κ3) is 1.93. The summed E-state index contributed by atoms with van der Waals surface area (Å²) in [4.78, 5) is 12.4. The van der Waals surface area contributed by atoms with Crippen molar-refractivity contribution in [3.63, 3.8) is 0 Å². The lowest BCUT2D eigenvalue weighted by molar-refractivity contribution is -0.141. The zero-order valence-electron chi connectivity index (χ0n) is 12.7. The van der Waals surface area contributed by atoms with Crippen molar-refractivity contribution in [2.24, 2.45) is 0 Å². The van der Waals surface area contributed by atoms with Crippen LogP contribution in [0.1, 0.15) is 11.1 Å². The molecule has 0 radical (unpaired) electrons. The van der Waals surface area contributed by atoms with Gasteiger partial charge in [0.05, 0.1) is 0 Å². The first-order valence-corrected chi connectivity index (χ1v) is 7.59. The zero-order chi connectivity index (χ0) is 16.7. The molecule has 4 rings (SSSR count). The van der Waals surface area contributed by atoms with E-state index in [1.165, 1.54) is 12.1 Å². The van der Waals surface area contributed by atoms with Crippen molar-refractivity contribution in [3.8, 4) is 11.1 Å². The Bertz CT molecular complexity index is 889. The van der Waals surface area contributed by atoms with E-state index in [0.717, 1.165) is 11.1 Å². The van der Waals surface area contributed by atoms with E-state index in [1.807, 2.05) is 48.5 Å². The lowest BCUT2D eigenvalue weighted by Gasteiger charge is -2.29. The van der Waals surface area contributed by atoms with Gasteiger partial charge in [0.15, 0.2) is 5.54 Å². The van der Waals surface area contributed by atoms with Gasteiger partial charge in [-0.2, -0.15) is 0 Å². The van der Waals surface area contributed by atoms with Gasteiger partial charge in [0.1, 0.15) is 5.82 Å². The number of anilines is 1. The Morgan fingerprint density at radius 1 is 0.833 bits per heavy atom. The van der Waals surface area contributed by atoms with Gasteiger partial charge >= 0.3 is 5.97 Å². The number of aliphatic carboxylic acids is 1. The molecule has 0 bridgehead atoms. The summed E-state index contributed by atoms with van der Waals surface area (Å²) in [6.45, 7) is 0. The van der Waals surface area contributed by atoms with Gasteiger partial charge in [-0.15, -0.1) is 0 Å². The van der Waals surface area contributed by atoms with Gasteiger partial charge in [0.25, 0.3) is 0 Å². The average Bonchev–Trinajstić information content (AvgIpc) is 2.89. The van der Waals surface area contributed by atoms with Crippen LogP contribution in [0.15, 0.2) is 72.8 Å². The molecule has 3 aromatic rings. The first kappa shape index (κ1) is 14.5. The first-order valence-electron chi connectivity index (χ1n) is 7.59. The number of carboxylic acids is 1. The summed E-state index contributed by atoms with van der Waals surface area (Å²) in [6.07, 6.45) is 0. The number of carboxylic acid groups (broad SMARTS) is 1. The highest BCUT2D eigenvalue weighted by atomic mass is 19.1. The number of hydrogen-bond donors (Lipinski definition) is 2. The summed E-state index contributed by atoms with van der Waals surface area (Å²) in [5, 5.41) is 13.3. The number of hydrogen-bond acceptors (Lipinski definition) is 2. The van der Waals surface area contributed by atoms with E-state index in [2.05, 4.69) is 5.32 Å². The molecule has 0 unspecified atom stereocenters. The van der Waals surface area contributed by atoms with E-state index < -0.39 is 11.5 Å². The summed E-state index contributed by atoms with van der Waals surface area (Å²) in [7, 11) is 0. The minimum absolute atomic E-state index is 0.364. The maximum atomic E-state index is 13.2. The number of nitrogens with one attached hydrogen (secondary N) is 1. The predicted molar refractivity (Wildman–Crippen MR) is 90.3 cm³/mol. The summed E-state index contributed by atoms with van der Waals surface area (Å²) in [5.74, 6) is -1.36. The average molecular weight is 319 g/mol. The highest BCUT2D eigenvalue weighted by Gasteiger charge is 2.49. The van der Waals surface area contributed by atoms with Gasteiger partial charge in [-0.25, -0.2) is 9.18 Å². The fraction of sp³-hybridized carbons (Fsp3) is 0.0500. The van der Waals surface area contributed by atoms with Crippen LogP contribution in [0.2, 0.25) is 0 Å². The van der Waals surface area contributed by atoms with Crippen LogP contribution in [-0.2, 0) is 10.3 Å². The molecule has 0 heterocycles. The van der Waals surface area contributed by atoms with Gasteiger partial charge in [0, 0.05) is 16.8 Å². The quantitative estimate of drug-likeness (QED) is 0.759. The molecule has 1 aliphatic carbocycles. The molecule has 0 atom stereocenters. The zero-order valence-corrected chi connectivity index (χ0v) is 12.7. The van der Waals surface area contributed by atoms with Crippen LogP contribution >= 0.6 is 0 Å². The van der Waals surface area contributed by atoms with Gasteiger partial charge in [-0.05, 0) is 35.4 Å². The van der Waals surface area contributed by atoms with Crippen LogP contribution in [0, 0.1) is 5.82 Å². The summed E-state index contributed by atoms with van der Waals surface area (Å²) >= 11 is 0. The van der Waals surface area contributed by atoms with Crippen LogP contribution in [-0.4, -0.2) is 11.1 Å². The number of carbonyl (C=O) groups is 1. The molecule has 2 N–H and O–H groups in total. The van der Waals surface area contributed by atoms with E-state index >= 15 is 0 Å². The minimum Gasteiger partial charge on any atom is -0.479 e. The standard InChI is InChI=1S/C20H14FNO2/c21-13-9-11-14(12-10-13)22-20(19(23)24)17-7-3-1-5-15(17)16-6-2-4-8-18(16)20/h1-12,22H,(H,23,24). The Labute approximate surface area is 138 Å². The summed E-state index contributed by atoms with van der Waals surface area (Å²) < 4.78 is 13.2. The fourth-order valence-corrected chi connectivity index (χ4v) is 3.40. The van der Waals surface area contributed by atoms with Crippen molar-refractivity contribution in [1.29, 1.82) is 0 Å². The monoisotopic (exact) mass is 319 g/mol. The lowest BCUT2D eigenvalue weighted by Crippen LogP contribution is -2.43. The molecular weight excluding hydrogens is 305 g/mol. The third-order valence-corrected chi connectivity index (χ3v) is 4.45. The minimum atomic E-state index is -1.40. The maximum Gasteiger partial charge on any atom is 0.338 e. The van der Waals surface area contributed by atoms with E-state index in [-0.39, 0.29) is 5.82 Å². The number of benzene rings is 3. The molecule has 0 fully saturated rings. The third-order valence-electron chi connectivity index (χ3n) is 4.45. The number of halogens is 1. The second-order valence-corrected chi connectivity index (χ2v) is 5.78. The van der Waals surface area contributed by atoms with Gasteiger partial charge in [0.2, 0.25) is 0 Å². The Balaban J connectivity index is 1.97. The molecule has 0 amide bonds. The van der Waals surface area contributed by atoms with Crippen molar-refractivity contribution >= 4 is 11.7 Å². The van der Waals surface area contributed by atoms with Gasteiger partial charge in [-0.1, -0.05) is 48.5 Å². The highest BCUT2D eigenvalue weighted by Crippen LogP contribution is 2.49. The number of rotatable bonds is 3. The Kier molecular flexibility index (Phi) is 3.13. The fourth-order valence-electron chi connectivity index (χ4n) is 3.40. The van der Waals surface area contributed by atoms with E-state index in [9.17, 15) is 14.3 Å². The molecule has 24 heavy (non-hydrogen) atoms. The number of fused-ring (bicyclic) bond motifs is 3. The van der Waals surface area contributed by atoms with Crippen LogP contribution in [0.4, 0.5) is 10.1 Å². The van der Waals surface area contributed by atoms with Crippen molar-refractivity contribution < 1.29 is 14.3 Å². The highest BCUT2D eigenvalue weighted by molar-refractivity contribution is 5.99. The molecule has 118 valence electrons. The van der Waals surface area contributed by atoms with E-state index in [0.29, 0.717) is 16.8 Å². The normalized spacial score (nSPS) is 13.9. The molecule has 3 nitrogen and oxygen atoms in total. The van der Waals surface area contributed by atoms with Crippen LogP contribution < -0.4 is 5.32 Å².